The minimum absolute atomic E-state index is 0.419. The van der Waals surface area contributed by atoms with Gasteiger partial charge in [-0.05, 0) is 23.7 Å². The summed E-state index contributed by atoms with van der Waals surface area (Å²) in [7, 11) is 0. The van der Waals surface area contributed by atoms with Gasteiger partial charge in [-0.25, -0.2) is 4.98 Å². The van der Waals surface area contributed by atoms with E-state index in [1.54, 1.807) is 6.20 Å². The van der Waals surface area contributed by atoms with E-state index in [0.717, 1.165) is 11.7 Å². The molecule has 2 N–H and O–H groups in total. The average Bonchev–Trinajstić information content (AvgIpc) is 2.90. The van der Waals surface area contributed by atoms with Gasteiger partial charge in [0, 0.05) is 18.1 Å². The normalized spacial score (nSPS) is 11.8. The predicted molar refractivity (Wildman–Crippen MR) is 81.2 cm³/mol. The first-order valence-electron chi connectivity index (χ1n) is 5.75. The third-order valence-electron chi connectivity index (χ3n) is 2.59. The summed E-state index contributed by atoms with van der Waals surface area (Å²) in [4.78, 5) is 4.12. The van der Waals surface area contributed by atoms with Crippen molar-refractivity contribution in [3.8, 4) is 0 Å². The van der Waals surface area contributed by atoms with Gasteiger partial charge in [-0.15, -0.1) is 11.3 Å². The summed E-state index contributed by atoms with van der Waals surface area (Å²) < 4.78 is 0. The molecule has 1 aromatic heterocycles. The average molecular weight is 277 g/mol. The molecule has 0 fully saturated rings. The number of thiocarbonyl (C=S) groups is 1. The molecule has 1 unspecified atom stereocenters. The zero-order chi connectivity index (χ0) is 12.8. The predicted octanol–water partition coefficient (Wildman–Crippen LogP) is 3.23. The second kappa shape index (κ2) is 6.47. The Labute approximate surface area is 116 Å². The quantitative estimate of drug-likeness (QED) is 0.841. The van der Waals surface area contributed by atoms with Gasteiger partial charge in [0.05, 0.1) is 0 Å². The van der Waals surface area contributed by atoms with Gasteiger partial charge in [0.1, 0.15) is 0 Å². The van der Waals surface area contributed by atoms with Crippen LogP contribution in [0.15, 0.2) is 41.9 Å². The van der Waals surface area contributed by atoms with E-state index in [1.165, 1.54) is 16.9 Å². The van der Waals surface area contributed by atoms with E-state index in [9.17, 15) is 0 Å². The lowest BCUT2D eigenvalue weighted by Gasteiger charge is -2.14. The number of hydrogen-bond acceptors (Lipinski definition) is 3. The number of nitrogens with one attached hydrogen (secondary N) is 2. The topological polar surface area (TPSA) is 37.0 Å². The SMILES string of the molecule is CC(CNC(=S)Nc1nccs1)c1ccccc1. The van der Waals surface area contributed by atoms with E-state index < -0.39 is 0 Å². The van der Waals surface area contributed by atoms with Gasteiger partial charge in [0.25, 0.3) is 0 Å². The minimum Gasteiger partial charge on any atom is -0.362 e. The van der Waals surface area contributed by atoms with Crippen molar-refractivity contribution in [2.24, 2.45) is 0 Å². The fourth-order valence-corrected chi connectivity index (χ4v) is 2.35. The second-order valence-corrected chi connectivity index (χ2v) is 5.29. The molecule has 0 aliphatic carbocycles. The van der Waals surface area contributed by atoms with E-state index in [1.807, 2.05) is 11.4 Å². The summed E-state index contributed by atoms with van der Waals surface area (Å²) in [6.07, 6.45) is 1.75. The molecular weight excluding hydrogens is 262 g/mol. The standard InChI is InChI=1S/C13H15N3S2/c1-10(11-5-3-2-4-6-11)9-15-12(17)16-13-14-7-8-18-13/h2-8,10H,9H2,1H3,(H2,14,15,16,17). The van der Waals surface area contributed by atoms with Crippen LogP contribution < -0.4 is 10.6 Å². The lowest BCUT2D eigenvalue weighted by atomic mass is 10.0. The fraction of sp³-hybridized carbons (Fsp3) is 0.231. The van der Waals surface area contributed by atoms with E-state index in [4.69, 9.17) is 12.2 Å². The van der Waals surface area contributed by atoms with E-state index in [0.29, 0.717) is 11.0 Å². The van der Waals surface area contributed by atoms with Crippen LogP contribution >= 0.6 is 23.6 Å². The van der Waals surface area contributed by atoms with Crippen LogP contribution in [0.4, 0.5) is 5.13 Å². The Morgan fingerprint density at radius 2 is 2.17 bits per heavy atom. The maximum Gasteiger partial charge on any atom is 0.188 e. The van der Waals surface area contributed by atoms with Crippen molar-refractivity contribution >= 4 is 33.8 Å². The maximum absolute atomic E-state index is 5.21. The zero-order valence-corrected chi connectivity index (χ0v) is 11.7. The summed E-state index contributed by atoms with van der Waals surface area (Å²) in [5, 5.41) is 9.61. The molecule has 2 rings (SSSR count). The van der Waals surface area contributed by atoms with Gasteiger partial charge in [-0.2, -0.15) is 0 Å². The molecule has 0 spiro atoms. The van der Waals surface area contributed by atoms with Crippen molar-refractivity contribution in [1.29, 1.82) is 0 Å². The van der Waals surface area contributed by atoms with Crippen molar-refractivity contribution in [2.75, 3.05) is 11.9 Å². The first kappa shape index (κ1) is 13.0. The molecule has 0 aliphatic rings. The van der Waals surface area contributed by atoms with Crippen LogP contribution in [0.1, 0.15) is 18.4 Å². The number of nitrogens with zero attached hydrogens (tertiary/aromatic N) is 1. The Bertz CT molecular complexity index is 482. The van der Waals surface area contributed by atoms with Gasteiger partial charge in [-0.3, -0.25) is 0 Å². The van der Waals surface area contributed by atoms with Crippen LogP contribution in [0.3, 0.4) is 0 Å². The first-order chi connectivity index (χ1) is 8.75. The Balaban J connectivity index is 1.79. The van der Waals surface area contributed by atoms with Gasteiger partial charge in [0.15, 0.2) is 10.2 Å². The summed E-state index contributed by atoms with van der Waals surface area (Å²) in [6.45, 7) is 2.98. The Hall–Kier alpha value is -1.46. The van der Waals surface area contributed by atoms with Gasteiger partial charge in [-0.1, -0.05) is 37.3 Å². The fourth-order valence-electron chi connectivity index (χ4n) is 1.57. The summed E-state index contributed by atoms with van der Waals surface area (Å²) in [6, 6.07) is 10.4. The molecule has 18 heavy (non-hydrogen) atoms. The number of benzene rings is 1. The van der Waals surface area contributed by atoms with Crippen molar-refractivity contribution in [2.45, 2.75) is 12.8 Å². The molecule has 0 saturated heterocycles. The number of anilines is 1. The Morgan fingerprint density at radius 3 is 2.83 bits per heavy atom. The van der Waals surface area contributed by atoms with Crippen molar-refractivity contribution < 1.29 is 0 Å². The summed E-state index contributed by atoms with van der Waals surface area (Å²) in [5.74, 6) is 0.419. The molecule has 2 aromatic rings. The van der Waals surface area contributed by atoms with Gasteiger partial charge < -0.3 is 10.6 Å². The number of aromatic nitrogens is 1. The monoisotopic (exact) mass is 277 g/mol. The molecule has 0 radical (unpaired) electrons. The van der Waals surface area contributed by atoms with Gasteiger partial charge in [0.2, 0.25) is 0 Å². The van der Waals surface area contributed by atoms with Crippen LogP contribution in [0, 0.1) is 0 Å². The number of rotatable bonds is 4. The molecule has 1 atom stereocenters. The Morgan fingerprint density at radius 1 is 1.39 bits per heavy atom. The Kier molecular flexibility index (Phi) is 4.66. The molecule has 94 valence electrons. The highest BCUT2D eigenvalue weighted by Crippen LogP contribution is 2.13. The molecule has 0 saturated carbocycles. The van der Waals surface area contributed by atoms with Crippen molar-refractivity contribution in [3.63, 3.8) is 0 Å². The van der Waals surface area contributed by atoms with Crippen molar-refractivity contribution in [1.82, 2.24) is 10.3 Å². The van der Waals surface area contributed by atoms with Crippen LogP contribution in [-0.4, -0.2) is 16.6 Å². The van der Waals surface area contributed by atoms with E-state index >= 15 is 0 Å². The van der Waals surface area contributed by atoms with E-state index in [-0.39, 0.29) is 0 Å². The van der Waals surface area contributed by atoms with Crippen LogP contribution in [0.2, 0.25) is 0 Å². The second-order valence-electron chi connectivity index (χ2n) is 3.98. The summed E-state index contributed by atoms with van der Waals surface area (Å²) in [5.41, 5.74) is 1.31. The van der Waals surface area contributed by atoms with E-state index in [2.05, 4.69) is 46.8 Å². The largest absolute Gasteiger partial charge is 0.362 e. The molecule has 0 aliphatic heterocycles. The highest BCUT2D eigenvalue weighted by Gasteiger charge is 2.06. The third kappa shape index (κ3) is 3.78. The van der Waals surface area contributed by atoms with Crippen LogP contribution in [0.5, 0.6) is 0 Å². The molecule has 1 aromatic carbocycles. The highest BCUT2D eigenvalue weighted by molar-refractivity contribution is 7.80. The highest BCUT2D eigenvalue weighted by atomic mass is 32.1. The summed E-state index contributed by atoms with van der Waals surface area (Å²) >= 11 is 6.75. The van der Waals surface area contributed by atoms with Crippen LogP contribution in [0.25, 0.3) is 0 Å². The minimum atomic E-state index is 0.419. The molecule has 5 heteroatoms. The lowest BCUT2D eigenvalue weighted by molar-refractivity contribution is 0.723. The molecular formula is C13H15N3S2. The first-order valence-corrected chi connectivity index (χ1v) is 7.04. The van der Waals surface area contributed by atoms with Crippen LogP contribution in [-0.2, 0) is 0 Å². The smallest absolute Gasteiger partial charge is 0.188 e. The van der Waals surface area contributed by atoms with Crippen molar-refractivity contribution in [3.05, 3.63) is 47.5 Å². The number of thiazole rings is 1. The third-order valence-corrected chi connectivity index (χ3v) is 3.53. The lowest BCUT2D eigenvalue weighted by Crippen LogP contribution is -2.31. The molecule has 0 amide bonds. The molecule has 0 bridgehead atoms. The van der Waals surface area contributed by atoms with Gasteiger partial charge >= 0.3 is 0 Å². The number of hydrogen-bond donors (Lipinski definition) is 2. The maximum atomic E-state index is 5.21. The zero-order valence-electron chi connectivity index (χ0n) is 10.1. The molecule has 1 heterocycles. The molecule has 3 nitrogen and oxygen atoms in total.